The van der Waals surface area contributed by atoms with E-state index in [4.69, 9.17) is 5.11 Å². The molecule has 1 aromatic rings. The fourth-order valence-corrected chi connectivity index (χ4v) is 2.04. The minimum atomic E-state index is -1.01. The maximum atomic E-state index is 12.5. The Bertz CT molecular complexity index is 520. The first-order chi connectivity index (χ1) is 9.62. The number of carbonyl (C=O) groups is 2. The maximum Gasteiger partial charge on any atom is 0.323 e. The molecule has 0 atom stereocenters. The molecule has 1 rings (SSSR count). The highest BCUT2D eigenvalue weighted by Crippen LogP contribution is 2.17. The third-order valence-electron chi connectivity index (χ3n) is 3.33. The van der Waals surface area contributed by atoms with Crippen LogP contribution in [0.5, 0.6) is 0 Å². The van der Waals surface area contributed by atoms with E-state index in [9.17, 15) is 9.59 Å². The van der Waals surface area contributed by atoms with Gasteiger partial charge in [0.05, 0.1) is 0 Å². The summed E-state index contributed by atoms with van der Waals surface area (Å²) >= 11 is 0. The molecule has 1 N–H and O–H groups in total. The minimum Gasteiger partial charge on any atom is -0.480 e. The second-order valence-electron chi connectivity index (χ2n) is 6.22. The highest BCUT2D eigenvalue weighted by Gasteiger charge is 2.30. The molecule has 0 saturated carbocycles. The number of benzene rings is 1. The topological polar surface area (TPSA) is 60.9 Å². The van der Waals surface area contributed by atoms with Gasteiger partial charge in [-0.1, -0.05) is 24.3 Å². The van der Waals surface area contributed by atoms with Crippen LogP contribution in [0, 0.1) is 6.92 Å². The van der Waals surface area contributed by atoms with Gasteiger partial charge in [0.1, 0.15) is 6.54 Å². The third kappa shape index (κ3) is 4.77. The van der Waals surface area contributed by atoms with Gasteiger partial charge in [-0.2, -0.15) is 0 Å². The molecule has 0 heterocycles. The van der Waals surface area contributed by atoms with Crippen molar-refractivity contribution in [3.63, 3.8) is 0 Å². The molecule has 0 spiro atoms. The maximum absolute atomic E-state index is 12.5. The number of carboxylic acids is 1. The van der Waals surface area contributed by atoms with Crippen LogP contribution in [0.2, 0.25) is 0 Å². The number of hydrogen-bond donors (Lipinski definition) is 1. The van der Waals surface area contributed by atoms with Crippen LogP contribution in [0.3, 0.4) is 0 Å². The number of carbonyl (C=O) groups excluding carboxylic acids is 1. The van der Waals surface area contributed by atoms with Gasteiger partial charge < -0.3 is 14.9 Å². The van der Waals surface area contributed by atoms with Crippen molar-refractivity contribution in [3.05, 3.63) is 35.4 Å². The second-order valence-corrected chi connectivity index (χ2v) is 6.22. The van der Waals surface area contributed by atoms with E-state index in [0.717, 1.165) is 11.1 Å². The largest absolute Gasteiger partial charge is 0.480 e. The summed E-state index contributed by atoms with van der Waals surface area (Å²) in [6, 6.07) is 7.56. The number of aryl methyl sites for hydroxylation is 1. The van der Waals surface area contributed by atoms with Gasteiger partial charge in [-0.25, -0.2) is 4.79 Å². The number of aliphatic carboxylic acids is 1. The van der Waals surface area contributed by atoms with Crippen LogP contribution in [0.15, 0.2) is 24.3 Å². The highest BCUT2D eigenvalue weighted by molar-refractivity contribution is 5.80. The molecule has 0 aliphatic heterocycles. The molecule has 0 aliphatic rings. The monoisotopic (exact) mass is 292 g/mol. The van der Waals surface area contributed by atoms with Crippen molar-refractivity contribution in [2.75, 3.05) is 13.6 Å². The zero-order valence-corrected chi connectivity index (χ0v) is 13.4. The summed E-state index contributed by atoms with van der Waals surface area (Å²) in [7, 11) is 1.69. The van der Waals surface area contributed by atoms with Gasteiger partial charge in [0.25, 0.3) is 0 Å². The Kier molecular flexibility index (Phi) is 5.35. The Morgan fingerprint density at radius 2 is 1.76 bits per heavy atom. The van der Waals surface area contributed by atoms with E-state index in [2.05, 4.69) is 0 Å². The molecule has 5 nitrogen and oxygen atoms in total. The van der Waals surface area contributed by atoms with Crippen molar-refractivity contribution in [1.82, 2.24) is 9.80 Å². The molecule has 21 heavy (non-hydrogen) atoms. The lowest BCUT2D eigenvalue weighted by molar-refractivity contribution is -0.138. The number of hydrogen-bond acceptors (Lipinski definition) is 2. The molecular weight excluding hydrogens is 268 g/mol. The summed E-state index contributed by atoms with van der Waals surface area (Å²) in [6.45, 7) is 7.63. The Labute approximate surface area is 126 Å². The van der Waals surface area contributed by atoms with E-state index in [0.29, 0.717) is 6.54 Å². The van der Waals surface area contributed by atoms with Crippen LogP contribution >= 0.6 is 0 Å². The normalized spacial score (nSPS) is 11.1. The standard InChI is InChI=1S/C16H24N2O3/c1-12-8-6-7-9-13(12)10-17(5)15(21)18(11-14(19)20)16(2,3)4/h6-9H,10-11H2,1-5H3,(H,19,20). The molecule has 0 radical (unpaired) electrons. The number of rotatable bonds is 4. The van der Waals surface area contributed by atoms with Crippen molar-refractivity contribution in [1.29, 1.82) is 0 Å². The van der Waals surface area contributed by atoms with Gasteiger partial charge in [-0.15, -0.1) is 0 Å². The number of amides is 2. The molecule has 0 aliphatic carbocycles. The first-order valence-corrected chi connectivity index (χ1v) is 6.92. The van der Waals surface area contributed by atoms with Gasteiger partial charge in [0, 0.05) is 19.1 Å². The number of urea groups is 1. The SMILES string of the molecule is Cc1ccccc1CN(C)C(=O)N(CC(=O)O)C(C)(C)C. The summed E-state index contributed by atoms with van der Waals surface area (Å²) in [5.74, 6) is -1.01. The van der Waals surface area contributed by atoms with E-state index in [1.54, 1.807) is 11.9 Å². The highest BCUT2D eigenvalue weighted by atomic mass is 16.4. The van der Waals surface area contributed by atoms with Crippen LogP contribution in [0.25, 0.3) is 0 Å². The van der Waals surface area contributed by atoms with Gasteiger partial charge >= 0.3 is 12.0 Å². The molecule has 0 fully saturated rings. The van der Waals surface area contributed by atoms with E-state index >= 15 is 0 Å². The first kappa shape index (κ1) is 17.0. The predicted molar refractivity (Wildman–Crippen MR) is 82.1 cm³/mol. The lowest BCUT2D eigenvalue weighted by Crippen LogP contribution is -2.52. The molecule has 2 amide bonds. The van der Waals surface area contributed by atoms with E-state index in [-0.39, 0.29) is 12.6 Å². The van der Waals surface area contributed by atoms with Gasteiger partial charge in [0.15, 0.2) is 0 Å². The molecular formula is C16H24N2O3. The van der Waals surface area contributed by atoms with Crippen molar-refractivity contribution in [2.24, 2.45) is 0 Å². The zero-order chi connectivity index (χ0) is 16.2. The average molecular weight is 292 g/mol. The molecule has 1 aromatic carbocycles. The van der Waals surface area contributed by atoms with Crippen LogP contribution in [0.4, 0.5) is 4.79 Å². The fourth-order valence-electron chi connectivity index (χ4n) is 2.04. The van der Waals surface area contributed by atoms with Crippen LogP contribution in [-0.2, 0) is 11.3 Å². The summed E-state index contributed by atoms with van der Waals surface area (Å²) in [5.41, 5.74) is 1.62. The van der Waals surface area contributed by atoms with E-state index in [1.807, 2.05) is 52.0 Å². The van der Waals surface area contributed by atoms with Gasteiger partial charge in [0.2, 0.25) is 0 Å². The Hall–Kier alpha value is -2.04. The van der Waals surface area contributed by atoms with E-state index in [1.165, 1.54) is 4.90 Å². The van der Waals surface area contributed by atoms with E-state index < -0.39 is 11.5 Å². The Morgan fingerprint density at radius 1 is 1.19 bits per heavy atom. The van der Waals surface area contributed by atoms with Gasteiger partial charge in [-0.3, -0.25) is 4.79 Å². The smallest absolute Gasteiger partial charge is 0.323 e. The molecule has 0 aromatic heterocycles. The van der Waals surface area contributed by atoms with Crippen LogP contribution in [-0.4, -0.2) is 46.0 Å². The Morgan fingerprint density at radius 3 is 2.24 bits per heavy atom. The van der Waals surface area contributed by atoms with Crippen molar-refractivity contribution < 1.29 is 14.7 Å². The molecule has 5 heteroatoms. The first-order valence-electron chi connectivity index (χ1n) is 6.92. The summed E-state index contributed by atoms with van der Waals surface area (Å²) in [4.78, 5) is 26.4. The van der Waals surface area contributed by atoms with Crippen molar-refractivity contribution in [3.8, 4) is 0 Å². The third-order valence-corrected chi connectivity index (χ3v) is 3.33. The summed E-state index contributed by atoms with van der Waals surface area (Å²) in [5, 5.41) is 9.00. The number of nitrogens with zero attached hydrogens (tertiary/aromatic N) is 2. The summed E-state index contributed by atoms with van der Waals surface area (Å²) in [6.07, 6.45) is 0. The van der Waals surface area contributed by atoms with Crippen LogP contribution in [0.1, 0.15) is 31.9 Å². The second kappa shape index (κ2) is 6.61. The zero-order valence-electron chi connectivity index (χ0n) is 13.4. The van der Waals surface area contributed by atoms with Crippen molar-refractivity contribution >= 4 is 12.0 Å². The lowest BCUT2D eigenvalue weighted by atomic mass is 10.1. The lowest BCUT2D eigenvalue weighted by Gasteiger charge is -2.37. The quantitative estimate of drug-likeness (QED) is 0.928. The summed E-state index contributed by atoms with van der Waals surface area (Å²) < 4.78 is 0. The Balaban J connectivity index is 2.88. The molecule has 0 unspecified atom stereocenters. The molecule has 0 saturated heterocycles. The molecule has 0 bridgehead atoms. The molecule has 116 valence electrons. The fraction of sp³-hybridized carbons (Fsp3) is 0.500. The van der Waals surface area contributed by atoms with Gasteiger partial charge in [-0.05, 0) is 38.8 Å². The van der Waals surface area contributed by atoms with Crippen LogP contribution < -0.4 is 0 Å². The minimum absolute atomic E-state index is 0.284. The number of carboxylic acid groups (broad SMARTS) is 1. The average Bonchev–Trinajstić information content (AvgIpc) is 2.36. The van der Waals surface area contributed by atoms with Crippen molar-refractivity contribution in [2.45, 2.75) is 39.8 Å². The predicted octanol–water partition coefficient (Wildman–Crippen LogP) is 2.73.